The maximum atomic E-state index is 13.6. The van der Waals surface area contributed by atoms with Crippen molar-refractivity contribution in [3.8, 4) is 0 Å². The van der Waals surface area contributed by atoms with E-state index < -0.39 is 0 Å². The lowest BCUT2D eigenvalue weighted by atomic mass is 10.1. The lowest BCUT2D eigenvalue weighted by Gasteiger charge is -2.28. The number of aryl methyl sites for hydroxylation is 1. The van der Waals surface area contributed by atoms with Crippen LogP contribution in [-0.2, 0) is 17.8 Å². The van der Waals surface area contributed by atoms with Crippen molar-refractivity contribution in [3.63, 3.8) is 0 Å². The van der Waals surface area contributed by atoms with E-state index in [1.54, 1.807) is 29.2 Å². The number of nitrogens with one attached hydrogen (secondary N) is 1. The molecule has 0 bridgehead atoms. The van der Waals surface area contributed by atoms with Crippen molar-refractivity contribution in [2.45, 2.75) is 33.2 Å². The van der Waals surface area contributed by atoms with E-state index in [0.29, 0.717) is 36.6 Å². The van der Waals surface area contributed by atoms with E-state index in [4.69, 9.17) is 11.6 Å². The molecule has 6 heteroatoms. The highest BCUT2D eigenvalue weighted by atomic mass is 35.5. The summed E-state index contributed by atoms with van der Waals surface area (Å²) in [6.45, 7) is 5.58. The van der Waals surface area contributed by atoms with Crippen LogP contribution in [0.3, 0.4) is 0 Å². The number of benzene rings is 3. The van der Waals surface area contributed by atoms with Crippen LogP contribution in [0.5, 0.6) is 0 Å². The Morgan fingerprint density at radius 1 is 0.889 bits per heavy atom. The zero-order chi connectivity index (χ0) is 25.5. The molecule has 0 unspecified atom stereocenters. The van der Waals surface area contributed by atoms with Crippen molar-refractivity contribution < 1.29 is 9.59 Å². The summed E-state index contributed by atoms with van der Waals surface area (Å²) >= 11 is 6.29. The predicted molar refractivity (Wildman–Crippen MR) is 146 cm³/mol. The van der Waals surface area contributed by atoms with Crippen molar-refractivity contribution in [2.75, 3.05) is 19.6 Å². The number of hydrogen-bond acceptors (Lipinski definition) is 2. The minimum atomic E-state index is -0.220. The van der Waals surface area contributed by atoms with Crippen LogP contribution in [0, 0.1) is 6.92 Å². The number of carbonyl (C=O) groups is 2. The summed E-state index contributed by atoms with van der Waals surface area (Å²) < 4.78 is 0. The molecule has 0 fully saturated rings. The van der Waals surface area contributed by atoms with E-state index in [2.05, 4.69) is 41.4 Å². The maximum Gasteiger partial charge on any atom is 0.255 e. The number of halogens is 1. The van der Waals surface area contributed by atoms with Crippen LogP contribution in [0.4, 0.5) is 0 Å². The molecule has 4 aromatic rings. The third kappa shape index (κ3) is 6.16. The van der Waals surface area contributed by atoms with E-state index in [1.165, 1.54) is 16.5 Å². The highest BCUT2D eigenvalue weighted by Gasteiger charge is 2.23. The van der Waals surface area contributed by atoms with Gasteiger partial charge in [-0.25, -0.2) is 0 Å². The van der Waals surface area contributed by atoms with Crippen molar-refractivity contribution in [3.05, 3.63) is 106 Å². The monoisotopic (exact) mass is 501 g/mol. The van der Waals surface area contributed by atoms with Gasteiger partial charge in [0.2, 0.25) is 5.91 Å². The van der Waals surface area contributed by atoms with Gasteiger partial charge in [-0.15, -0.1) is 0 Å². The summed E-state index contributed by atoms with van der Waals surface area (Å²) in [7, 11) is 0. The van der Waals surface area contributed by atoms with E-state index in [-0.39, 0.29) is 18.4 Å². The number of rotatable bonds is 10. The molecule has 0 saturated carbocycles. The lowest BCUT2D eigenvalue weighted by molar-refractivity contribution is -0.132. The fourth-order valence-corrected chi connectivity index (χ4v) is 4.61. The van der Waals surface area contributed by atoms with Gasteiger partial charge in [0, 0.05) is 36.7 Å². The van der Waals surface area contributed by atoms with Crippen LogP contribution in [0.15, 0.2) is 79.0 Å². The zero-order valence-corrected chi connectivity index (χ0v) is 21.6. The number of aromatic nitrogens is 1. The van der Waals surface area contributed by atoms with Crippen molar-refractivity contribution >= 4 is 34.3 Å². The molecule has 0 aliphatic rings. The van der Waals surface area contributed by atoms with Crippen LogP contribution in [0.2, 0.25) is 5.02 Å². The Hall–Kier alpha value is -3.57. The van der Waals surface area contributed by atoms with Gasteiger partial charge in [0.05, 0.1) is 10.6 Å². The molecule has 0 aliphatic carbocycles. The van der Waals surface area contributed by atoms with Crippen molar-refractivity contribution in [1.29, 1.82) is 0 Å². The first-order valence-corrected chi connectivity index (χ1v) is 12.8. The summed E-state index contributed by atoms with van der Waals surface area (Å²) in [4.78, 5) is 33.7. The van der Waals surface area contributed by atoms with Crippen LogP contribution in [0.25, 0.3) is 10.9 Å². The van der Waals surface area contributed by atoms with Crippen molar-refractivity contribution in [2.24, 2.45) is 0 Å². The van der Waals surface area contributed by atoms with Gasteiger partial charge in [-0.2, -0.15) is 0 Å². The van der Waals surface area contributed by atoms with Gasteiger partial charge in [0.25, 0.3) is 5.91 Å². The molecule has 1 N–H and O–H groups in total. The second-order valence-electron chi connectivity index (χ2n) is 9.12. The molecule has 1 aromatic heterocycles. The summed E-state index contributed by atoms with van der Waals surface area (Å²) in [5.74, 6) is -0.299. The predicted octanol–water partition coefficient (Wildman–Crippen LogP) is 6.25. The highest BCUT2D eigenvalue weighted by Crippen LogP contribution is 2.20. The fourth-order valence-electron chi connectivity index (χ4n) is 4.39. The summed E-state index contributed by atoms with van der Waals surface area (Å²) in [6, 6.07) is 23.4. The van der Waals surface area contributed by atoms with E-state index in [9.17, 15) is 9.59 Å². The number of para-hydroxylation sites is 1. The first kappa shape index (κ1) is 25.5. The number of aromatic amines is 1. The minimum absolute atomic E-state index is 0.0116. The van der Waals surface area contributed by atoms with Gasteiger partial charge >= 0.3 is 0 Å². The standard InChI is InChI=1S/C30H32ClN3O2/c1-3-17-34(30(36)26-9-4-6-10-27(26)31)21-29(35)33(20-23-14-12-22(2)13-15-23)18-16-24-19-32-28-11-7-5-8-25(24)28/h4-15,19,32H,3,16-18,20-21H2,1-2H3. The molecule has 186 valence electrons. The van der Waals surface area contributed by atoms with Crippen molar-refractivity contribution in [1.82, 2.24) is 14.8 Å². The molecule has 1 heterocycles. The molecule has 0 spiro atoms. The number of hydrogen-bond donors (Lipinski definition) is 1. The first-order valence-electron chi connectivity index (χ1n) is 12.4. The van der Waals surface area contributed by atoms with Gasteiger partial charge in [0.15, 0.2) is 0 Å². The molecule has 5 nitrogen and oxygen atoms in total. The molecule has 0 saturated heterocycles. The van der Waals surface area contributed by atoms with E-state index in [0.717, 1.165) is 17.5 Å². The SMILES string of the molecule is CCCN(CC(=O)N(CCc1c[nH]c2ccccc12)Cc1ccc(C)cc1)C(=O)c1ccccc1Cl. The third-order valence-electron chi connectivity index (χ3n) is 6.38. The number of amides is 2. The number of H-pyrrole nitrogens is 1. The van der Waals surface area contributed by atoms with Gasteiger partial charge in [0.1, 0.15) is 6.54 Å². The van der Waals surface area contributed by atoms with Gasteiger partial charge in [-0.3, -0.25) is 9.59 Å². The molecule has 0 atom stereocenters. The molecule has 2 amide bonds. The molecular weight excluding hydrogens is 470 g/mol. The van der Waals surface area contributed by atoms with Crippen LogP contribution in [0.1, 0.15) is 40.4 Å². The molecule has 0 radical (unpaired) electrons. The number of fused-ring (bicyclic) bond motifs is 1. The highest BCUT2D eigenvalue weighted by molar-refractivity contribution is 6.33. The number of nitrogens with zero attached hydrogens (tertiary/aromatic N) is 2. The van der Waals surface area contributed by atoms with Gasteiger partial charge in [-0.1, -0.05) is 78.7 Å². The second kappa shape index (κ2) is 11.9. The normalized spacial score (nSPS) is 11.0. The fraction of sp³-hybridized carbons (Fsp3) is 0.267. The Balaban J connectivity index is 1.54. The van der Waals surface area contributed by atoms with Crippen LogP contribution < -0.4 is 0 Å². The summed E-state index contributed by atoms with van der Waals surface area (Å²) in [6.07, 6.45) is 3.48. The Labute approximate surface area is 217 Å². The molecular formula is C30H32ClN3O2. The summed E-state index contributed by atoms with van der Waals surface area (Å²) in [5.41, 5.74) is 4.92. The molecule has 0 aliphatic heterocycles. The average Bonchev–Trinajstić information content (AvgIpc) is 3.30. The number of carbonyl (C=O) groups excluding carboxylic acids is 2. The van der Waals surface area contributed by atoms with E-state index in [1.807, 2.05) is 37.1 Å². The summed E-state index contributed by atoms with van der Waals surface area (Å²) in [5, 5.41) is 1.56. The molecule has 3 aromatic carbocycles. The zero-order valence-electron chi connectivity index (χ0n) is 20.8. The van der Waals surface area contributed by atoms with E-state index >= 15 is 0 Å². The third-order valence-corrected chi connectivity index (χ3v) is 6.71. The quantitative estimate of drug-likeness (QED) is 0.279. The van der Waals surface area contributed by atoms with Gasteiger partial charge < -0.3 is 14.8 Å². The van der Waals surface area contributed by atoms with Crippen LogP contribution >= 0.6 is 11.6 Å². The van der Waals surface area contributed by atoms with Gasteiger partial charge in [-0.05, 0) is 49.1 Å². The smallest absolute Gasteiger partial charge is 0.255 e. The lowest BCUT2D eigenvalue weighted by Crippen LogP contribution is -2.43. The largest absolute Gasteiger partial charge is 0.361 e. The molecule has 4 rings (SSSR count). The second-order valence-corrected chi connectivity index (χ2v) is 9.52. The average molecular weight is 502 g/mol. The molecule has 36 heavy (non-hydrogen) atoms. The Kier molecular flexibility index (Phi) is 8.44. The Morgan fingerprint density at radius 3 is 2.36 bits per heavy atom. The Morgan fingerprint density at radius 2 is 1.61 bits per heavy atom. The topological polar surface area (TPSA) is 56.4 Å². The minimum Gasteiger partial charge on any atom is -0.361 e. The van der Waals surface area contributed by atoms with Crippen LogP contribution in [-0.4, -0.2) is 46.2 Å². The Bertz CT molecular complexity index is 1330. The first-order chi connectivity index (χ1) is 17.5. The maximum absolute atomic E-state index is 13.6.